The molecule has 1 aromatic carbocycles. The van der Waals surface area contributed by atoms with Crippen molar-refractivity contribution in [3.63, 3.8) is 0 Å². The molecular formula is C16H22BrN. The SMILES string of the molecule is Br.c1ccc2c(c1)C[C@H]1NCC[C@@]23CCCC[C@@H]13. The Morgan fingerprint density at radius 2 is 2.00 bits per heavy atom. The number of halogens is 1. The van der Waals surface area contributed by atoms with E-state index in [4.69, 9.17) is 0 Å². The van der Waals surface area contributed by atoms with Crippen LogP contribution in [0.1, 0.15) is 43.2 Å². The normalized spacial score (nSPS) is 37.1. The molecule has 1 N–H and O–H groups in total. The van der Waals surface area contributed by atoms with Crippen LogP contribution in [0.4, 0.5) is 0 Å². The van der Waals surface area contributed by atoms with Crippen LogP contribution < -0.4 is 5.32 Å². The number of nitrogens with one attached hydrogen (secondary N) is 1. The molecule has 2 bridgehead atoms. The second-order valence-electron chi connectivity index (χ2n) is 6.18. The Morgan fingerprint density at radius 3 is 2.94 bits per heavy atom. The van der Waals surface area contributed by atoms with E-state index in [1.54, 1.807) is 11.1 Å². The number of hydrogen-bond acceptors (Lipinski definition) is 1. The minimum absolute atomic E-state index is 0. The van der Waals surface area contributed by atoms with E-state index < -0.39 is 0 Å². The smallest absolute Gasteiger partial charge is 0.0144 e. The Balaban J connectivity index is 0.000001000. The number of hydrogen-bond donors (Lipinski definition) is 1. The van der Waals surface area contributed by atoms with Crippen molar-refractivity contribution in [3.05, 3.63) is 35.4 Å². The fourth-order valence-electron chi connectivity index (χ4n) is 4.89. The Bertz CT molecular complexity index is 440. The highest BCUT2D eigenvalue weighted by Crippen LogP contribution is 2.53. The molecule has 1 nitrogen and oxygen atoms in total. The van der Waals surface area contributed by atoms with Crippen molar-refractivity contribution in [2.45, 2.75) is 50.0 Å². The van der Waals surface area contributed by atoms with Gasteiger partial charge < -0.3 is 5.32 Å². The van der Waals surface area contributed by atoms with E-state index >= 15 is 0 Å². The van der Waals surface area contributed by atoms with Gasteiger partial charge in [0.05, 0.1) is 0 Å². The molecule has 1 aliphatic heterocycles. The van der Waals surface area contributed by atoms with Gasteiger partial charge in [0.15, 0.2) is 0 Å². The summed E-state index contributed by atoms with van der Waals surface area (Å²) in [6.07, 6.45) is 8.41. The van der Waals surface area contributed by atoms with Crippen LogP contribution >= 0.6 is 17.0 Å². The molecule has 1 saturated heterocycles. The maximum absolute atomic E-state index is 3.79. The van der Waals surface area contributed by atoms with Crippen molar-refractivity contribution in [2.24, 2.45) is 5.92 Å². The lowest BCUT2D eigenvalue weighted by Gasteiger charge is -2.56. The minimum atomic E-state index is 0. The molecule has 4 rings (SSSR count). The van der Waals surface area contributed by atoms with Gasteiger partial charge in [-0.25, -0.2) is 0 Å². The summed E-state index contributed by atoms with van der Waals surface area (Å²) in [5.41, 5.74) is 3.88. The largest absolute Gasteiger partial charge is 0.313 e. The van der Waals surface area contributed by atoms with Gasteiger partial charge in [-0.2, -0.15) is 0 Å². The average molecular weight is 308 g/mol. The molecule has 0 aromatic heterocycles. The molecule has 0 unspecified atom stereocenters. The van der Waals surface area contributed by atoms with E-state index in [0.29, 0.717) is 5.41 Å². The molecule has 0 amide bonds. The predicted molar refractivity (Wildman–Crippen MR) is 80.5 cm³/mol. The number of benzene rings is 1. The summed E-state index contributed by atoms with van der Waals surface area (Å²) in [6, 6.07) is 10.0. The zero-order valence-corrected chi connectivity index (χ0v) is 12.5. The van der Waals surface area contributed by atoms with Crippen LogP contribution in [0.5, 0.6) is 0 Å². The molecule has 2 fully saturated rings. The zero-order chi connectivity index (χ0) is 11.3. The second kappa shape index (κ2) is 4.64. The third kappa shape index (κ3) is 1.61. The van der Waals surface area contributed by atoms with Crippen LogP contribution in [0.2, 0.25) is 0 Å². The molecule has 1 saturated carbocycles. The van der Waals surface area contributed by atoms with Gasteiger partial charge in [0, 0.05) is 11.5 Å². The first kappa shape index (κ1) is 12.7. The predicted octanol–water partition coefficient (Wildman–Crippen LogP) is 3.61. The van der Waals surface area contributed by atoms with Gasteiger partial charge in [0.1, 0.15) is 0 Å². The minimum Gasteiger partial charge on any atom is -0.313 e. The third-order valence-electron chi connectivity index (χ3n) is 5.55. The lowest BCUT2D eigenvalue weighted by atomic mass is 9.53. The monoisotopic (exact) mass is 307 g/mol. The molecule has 3 atom stereocenters. The van der Waals surface area contributed by atoms with E-state index in [-0.39, 0.29) is 17.0 Å². The standard InChI is InChI=1S/C16H21N.BrH/c1-2-6-13-12(5-1)11-15-14-7-3-4-8-16(13,14)9-10-17-15;/h1-2,5-6,14-15,17H,3-4,7-11H2;1H/t14-,15+,16-;/m0./s1. The fourth-order valence-corrected chi connectivity index (χ4v) is 4.89. The van der Waals surface area contributed by atoms with Crippen LogP contribution in [-0.2, 0) is 11.8 Å². The highest BCUT2D eigenvalue weighted by Gasteiger charge is 2.51. The van der Waals surface area contributed by atoms with Gasteiger partial charge in [-0.1, -0.05) is 37.1 Å². The molecule has 1 heterocycles. The van der Waals surface area contributed by atoms with E-state index in [1.807, 2.05) is 0 Å². The maximum atomic E-state index is 3.79. The maximum Gasteiger partial charge on any atom is 0.0144 e. The number of rotatable bonds is 0. The first-order chi connectivity index (χ1) is 8.40. The summed E-state index contributed by atoms with van der Waals surface area (Å²) in [5.74, 6) is 0.917. The van der Waals surface area contributed by atoms with Crippen molar-refractivity contribution in [1.29, 1.82) is 0 Å². The summed E-state index contributed by atoms with van der Waals surface area (Å²) in [5, 5.41) is 3.79. The number of piperidine rings is 1. The Labute approximate surface area is 120 Å². The second-order valence-corrected chi connectivity index (χ2v) is 6.18. The highest BCUT2D eigenvalue weighted by atomic mass is 79.9. The Morgan fingerprint density at radius 1 is 1.11 bits per heavy atom. The molecule has 1 aromatic rings. The summed E-state index contributed by atoms with van der Waals surface area (Å²) < 4.78 is 0. The Kier molecular flexibility index (Phi) is 3.27. The van der Waals surface area contributed by atoms with Gasteiger partial charge >= 0.3 is 0 Å². The van der Waals surface area contributed by atoms with Crippen LogP contribution in [-0.4, -0.2) is 12.6 Å². The first-order valence-electron chi connectivity index (χ1n) is 7.22. The van der Waals surface area contributed by atoms with Gasteiger partial charge in [-0.05, 0) is 49.3 Å². The summed E-state index contributed by atoms with van der Waals surface area (Å²) in [6.45, 7) is 1.23. The van der Waals surface area contributed by atoms with Gasteiger partial charge in [-0.3, -0.25) is 0 Å². The quantitative estimate of drug-likeness (QED) is 0.772. The van der Waals surface area contributed by atoms with Gasteiger partial charge in [-0.15, -0.1) is 17.0 Å². The molecule has 0 radical (unpaired) electrons. The van der Waals surface area contributed by atoms with Gasteiger partial charge in [0.25, 0.3) is 0 Å². The highest BCUT2D eigenvalue weighted by molar-refractivity contribution is 8.93. The van der Waals surface area contributed by atoms with Crippen molar-refractivity contribution >= 4 is 17.0 Å². The molecule has 3 aliphatic rings. The van der Waals surface area contributed by atoms with Crippen molar-refractivity contribution < 1.29 is 0 Å². The Hall–Kier alpha value is -0.340. The summed E-state index contributed by atoms with van der Waals surface area (Å²) in [4.78, 5) is 0. The summed E-state index contributed by atoms with van der Waals surface area (Å²) in [7, 11) is 0. The van der Waals surface area contributed by atoms with E-state index in [2.05, 4.69) is 29.6 Å². The number of fused-ring (bicyclic) bond motifs is 1. The van der Waals surface area contributed by atoms with Crippen molar-refractivity contribution in [3.8, 4) is 0 Å². The van der Waals surface area contributed by atoms with Crippen LogP contribution in [0, 0.1) is 5.92 Å². The third-order valence-corrected chi connectivity index (χ3v) is 5.55. The van der Waals surface area contributed by atoms with Crippen LogP contribution in [0.15, 0.2) is 24.3 Å². The van der Waals surface area contributed by atoms with E-state index in [1.165, 1.54) is 45.1 Å². The van der Waals surface area contributed by atoms with Crippen molar-refractivity contribution in [2.75, 3.05) is 6.54 Å². The first-order valence-corrected chi connectivity index (χ1v) is 7.22. The van der Waals surface area contributed by atoms with Gasteiger partial charge in [0.2, 0.25) is 0 Å². The molecule has 2 aliphatic carbocycles. The molecule has 98 valence electrons. The van der Waals surface area contributed by atoms with Crippen LogP contribution in [0.3, 0.4) is 0 Å². The average Bonchev–Trinajstić information content (AvgIpc) is 2.39. The summed E-state index contributed by atoms with van der Waals surface area (Å²) >= 11 is 0. The molecule has 18 heavy (non-hydrogen) atoms. The van der Waals surface area contributed by atoms with E-state index in [9.17, 15) is 0 Å². The zero-order valence-electron chi connectivity index (χ0n) is 10.8. The van der Waals surface area contributed by atoms with Crippen molar-refractivity contribution in [1.82, 2.24) is 5.32 Å². The topological polar surface area (TPSA) is 12.0 Å². The molecular weight excluding hydrogens is 286 g/mol. The lowest BCUT2D eigenvalue weighted by molar-refractivity contribution is 0.0798. The molecule has 0 spiro atoms. The lowest BCUT2D eigenvalue weighted by Crippen LogP contribution is -2.59. The van der Waals surface area contributed by atoms with E-state index in [0.717, 1.165) is 12.0 Å². The molecule has 2 heteroatoms. The fraction of sp³-hybridized carbons (Fsp3) is 0.625. The van der Waals surface area contributed by atoms with Crippen LogP contribution in [0.25, 0.3) is 0 Å².